The first-order chi connectivity index (χ1) is 9.02. The lowest BCUT2D eigenvalue weighted by molar-refractivity contribution is -0.361. The number of nitrogens with zero attached hydrogens (tertiary/aromatic N) is 1. The van der Waals surface area contributed by atoms with E-state index in [2.05, 4.69) is 20.9 Å². The van der Waals surface area contributed by atoms with Gasteiger partial charge in [0, 0.05) is 6.07 Å². The highest BCUT2D eigenvalue weighted by Crippen LogP contribution is 2.04. The summed E-state index contributed by atoms with van der Waals surface area (Å²) in [6.45, 7) is 0. The second kappa shape index (κ2) is 7.13. The monoisotopic (exact) mass is 319 g/mol. The lowest BCUT2D eigenvalue weighted by Crippen LogP contribution is -2.21. The van der Waals surface area contributed by atoms with E-state index in [9.17, 15) is 9.90 Å². The number of H-pyrrole nitrogens is 1. The Kier molecular flexibility index (Phi) is 5.51. The molecule has 0 amide bonds. The molecule has 0 spiro atoms. The summed E-state index contributed by atoms with van der Waals surface area (Å²) >= 11 is 3.26. The van der Waals surface area contributed by atoms with Crippen molar-refractivity contribution in [3.63, 3.8) is 0 Å². The average molecular weight is 320 g/mol. The second-order valence-electron chi connectivity index (χ2n) is 3.44. The van der Waals surface area contributed by atoms with Gasteiger partial charge in [-0.25, -0.2) is 4.98 Å². The van der Waals surface area contributed by atoms with Gasteiger partial charge in [-0.3, -0.25) is 5.73 Å². The molecule has 96 valence electrons. The van der Waals surface area contributed by atoms with E-state index in [4.69, 9.17) is 11.0 Å². The molecule has 5 nitrogen and oxygen atoms in total. The van der Waals surface area contributed by atoms with Crippen molar-refractivity contribution in [2.24, 2.45) is 0 Å². The fourth-order valence-electron chi connectivity index (χ4n) is 1.10. The van der Waals surface area contributed by atoms with E-state index in [0.717, 1.165) is 4.47 Å². The summed E-state index contributed by atoms with van der Waals surface area (Å²) in [6, 6.07) is 11.1. The number of hydrogen-bond acceptors (Lipinski definition) is 4. The van der Waals surface area contributed by atoms with Crippen LogP contribution < -0.4 is 15.8 Å². The van der Waals surface area contributed by atoms with Crippen LogP contribution in [0.4, 0.5) is 5.82 Å². The normalized spacial score (nSPS) is 8.84. The number of nitriles is 1. The van der Waals surface area contributed by atoms with E-state index in [0.29, 0.717) is 11.4 Å². The SMILES string of the molecule is N#Cc1ccc(C(=O)[O-])cc1.Nc1ccc(Br)c[nH+]1. The fraction of sp³-hybridized carbons (Fsp3) is 0. The first-order valence-corrected chi connectivity index (χ1v) is 5.96. The molecular weight excluding hydrogens is 310 g/mol. The number of nitrogens with two attached hydrogens (primary N) is 1. The van der Waals surface area contributed by atoms with Crippen LogP contribution in [0.15, 0.2) is 47.1 Å². The summed E-state index contributed by atoms with van der Waals surface area (Å²) in [5, 5.41) is 18.6. The van der Waals surface area contributed by atoms with Crippen molar-refractivity contribution in [3.05, 3.63) is 58.2 Å². The van der Waals surface area contributed by atoms with Crippen LogP contribution in [0, 0.1) is 11.3 Å². The summed E-state index contributed by atoms with van der Waals surface area (Å²) in [6.07, 6.45) is 1.79. The Labute approximate surface area is 118 Å². The van der Waals surface area contributed by atoms with Gasteiger partial charge in [-0.2, -0.15) is 5.26 Å². The van der Waals surface area contributed by atoms with E-state index in [1.165, 1.54) is 24.3 Å². The molecule has 1 heterocycles. The number of aromatic carboxylic acids is 1. The van der Waals surface area contributed by atoms with Gasteiger partial charge in [0.2, 0.25) is 0 Å². The number of carbonyl (C=O) groups excluding carboxylic acids is 1. The van der Waals surface area contributed by atoms with Crippen molar-refractivity contribution in [2.75, 3.05) is 5.73 Å². The Morgan fingerprint density at radius 1 is 1.26 bits per heavy atom. The van der Waals surface area contributed by atoms with Crippen LogP contribution in [-0.4, -0.2) is 5.97 Å². The van der Waals surface area contributed by atoms with E-state index in [1.54, 1.807) is 12.3 Å². The quantitative estimate of drug-likeness (QED) is 0.838. The molecule has 0 bridgehead atoms. The van der Waals surface area contributed by atoms with Crippen LogP contribution >= 0.6 is 15.9 Å². The number of nitrogen functional groups attached to an aromatic ring is 1. The number of anilines is 1. The van der Waals surface area contributed by atoms with Crippen LogP contribution in [0.3, 0.4) is 0 Å². The van der Waals surface area contributed by atoms with Gasteiger partial charge in [0.25, 0.3) is 5.82 Å². The molecule has 0 saturated carbocycles. The van der Waals surface area contributed by atoms with Crippen molar-refractivity contribution in [1.82, 2.24) is 0 Å². The third-order valence-corrected chi connectivity index (χ3v) is 2.54. The summed E-state index contributed by atoms with van der Waals surface area (Å²) < 4.78 is 1.01. The minimum atomic E-state index is -1.23. The van der Waals surface area contributed by atoms with Crippen molar-refractivity contribution in [1.29, 1.82) is 5.26 Å². The number of rotatable bonds is 1. The predicted octanol–water partition coefficient (Wildman–Crippen LogP) is 0.767. The zero-order chi connectivity index (χ0) is 14.3. The van der Waals surface area contributed by atoms with E-state index < -0.39 is 5.97 Å². The van der Waals surface area contributed by atoms with Gasteiger partial charge in [-0.05, 0) is 39.7 Å². The van der Waals surface area contributed by atoms with Crippen LogP contribution in [0.1, 0.15) is 15.9 Å². The molecule has 0 fully saturated rings. The molecule has 0 saturated heterocycles. The van der Waals surface area contributed by atoms with E-state index >= 15 is 0 Å². The molecule has 0 unspecified atom stereocenters. The van der Waals surface area contributed by atoms with Gasteiger partial charge < -0.3 is 9.90 Å². The fourth-order valence-corrected chi connectivity index (χ4v) is 1.35. The van der Waals surface area contributed by atoms with Gasteiger partial charge >= 0.3 is 0 Å². The molecule has 2 rings (SSSR count). The molecule has 3 N–H and O–H groups in total. The van der Waals surface area contributed by atoms with Gasteiger partial charge in [0.15, 0.2) is 0 Å². The number of carboxylic acid groups (broad SMARTS) is 1. The highest BCUT2D eigenvalue weighted by molar-refractivity contribution is 9.10. The zero-order valence-corrected chi connectivity index (χ0v) is 11.3. The van der Waals surface area contributed by atoms with Gasteiger partial charge in [-0.1, -0.05) is 12.1 Å². The number of carbonyl (C=O) groups is 1. The summed E-state index contributed by atoms with van der Waals surface area (Å²) in [5.74, 6) is -0.553. The van der Waals surface area contributed by atoms with Crippen molar-refractivity contribution in [3.8, 4) is 6.07 Å². The third kappa shape index (κ3) is 5.19. The molecule has 6 heteroatoms. The molecule has 0 aliphatic carbocycles. The molecule has 0 aliphatic rings. The molecule has 0 atom stereocenters. The minimum Gasteiger partial charge on any atom is -0.545 e. The number of pyridine rings is 1. The molecule has 0 aliphatic heterocycles. The predicted molar refractivity (Wildman–Crippen MR) is 70.6 cm³/mol. The molecule has 1 aromatic carbocycles. The molecule has 0 radical (unpaired) electrons. The highest BCUT2D eigenvalue weighted by Gasteiger charge is 1.92. The third-order valence-electron chi connectivity index (χ3n) is 2.05. The molecule has 19 heavy (non-hydrogen) atoms. The average Bonchev–Trinajstić information content (AvgIpc) is 2.43. The number of halogens is 1. The lowest BCUT2D eigenvalue weighted by atomic mass is 10.1. The summed E-state index contributed by atoms with van der Waals surface area (Å²) in [4.78, 5) is 13.0. The van der Waals surface area contributed by atoms with Crippen molar-refractivity contribution in [2.45, 2.75) is 0 Å². The summed E-state index contributed by atoms with van der Waals surface area (Å²) in [5.41, 5.74) is 5.88. The topological polar surface area (TPSA) is 104 Å². The maximum Gasteiger partial charge on any atom is 0.270 e. The number of aromatic nitrogens is 1. The number of nitrogens with one attached hydrogen (secondary N) is 1. The molecular formula is C13H10BrN3O2. The van der Waals surface area contributed by atoms with Gasteiger partial charge in [0.05, 0.1) is 22.1 Å². The Morgan fingerprint density at radius 2 is 1.89 bits per heavy atom. The summed E-state index contributed by atoms with van der Waals surface area (Å²) in [7, 11) is 0. The Bertz CT molecular complexity index is 568. The first-order valence-electron chi connectivity index (χ1n) is 5.17. The lowest BCUT2D eigenvalue weighted by Gasteiger charge is -1.99. The maximum atomic E-state index is 10.2. The molecule has 2 aromatic rings. The largest absolute Gasteiger partial charge is 0.545 e. The standard InChI is InChI=1S/C8H5NO2.C5H5BrN2/c9-5-6-1-3-7(4-2-6)8(10)11;6-4-1-2-5(7)8-3-4/h1-4H,(H,10,11);1-3H,(H2,7,8). The van der Waals surface area contributed by atoms with Crippen LogP contribution in [0.2, 0.25) is 0 Å². The number of carboxylic acids is 1. The Balaban J connectivity index is 0.000000200. The van der Waals surface area contributed by atoms with Crippen molar-refractivity contribution >= 4 is 27.7 Å². The van der Waals surface area contributed by atoms with E-state index in [-0.39, 0.29) is 5.56 Å². The zero-order valence-electron chi connectivity index (χ0n) is 9.76. The van der Waals surface area contributed by atoms with Crippen LogP contribution in [0.5, 0.6) is 0 Å². The number of hydrogen-bond donors (Lipinski definition) is 1. The van der Waals surface area contributed by atoms with Crippen molar-refractivity contribution < 1.29 is 14.9 Å². The van der Waals surface area contributed by atoms with Gasteiger partial charge in [0.1, 0.15) is 6.20 Å². The Morgan fingerprint density at radius 3 is 2.26 bits per heavy atom. The smallest absolute Gasteiger partial charge is 0.270 e. The van der Waals surface area contributed by atoms with E-state index in [1.807, 2.05) is 12.1 Å². The van der Waals surface area contributed by atoms with Gasteiger partial charge in [-0.15, -0.1) is 0 Å². The molecule has 1 aromatic heterocycles. The number of aromatic amines is 1. The second-order valence-corrected chi connectivity index (χ2v) is 4.35. The minimum absolute atomic E-state index is 0.0870. The highest BCUT2D eigenvalue weighted by atomic mass is 79.9. The Hall–Kier alpha value is -2.39. The van der Waals surface area contributed by atoms with Crippen LogP contribution in [0.25, 0.3) is 0 Å². The van der Waals surface area contributed by atoms with Crippen LogP contribution in [-0.2, 0) is 0 Å². The number of benzene rings is 1. The maximum absolute atomic E-state index is 10.2. The first kappa shape index (κ1) is 14.7.